The Morgan fingerprint density at radius 3 is 2.65 bits per heavy atom. The van der Waals surface area contributed by atoms with Gasteiger partial charge in [-0.05, 0) is 24.6 Å². The lowest BCUT2D eigenvalue weighted by Gasteiger charge is -1.99. The molecular weight excluding hydrogens is 282 g/mol. The quantitative estimate of drug-likeness (QED) is 0.793. The normalized spacial score (nSPS) is 12.7. The minimum Gasteiger partial charge on any atom is -0.339 e. The summed E-state index contributed by atoms with van der Waals surface area (Å²) in [7, 11) is 0. The van der Waals surface area contributed by atoms with E-state index in [0.717, 1.165) is 5.56 Å². The second-order valence-corrected chi connectivity index (χ2v) is 5.06. The molecule has 2 aromatic rings. The second-order valence-electron chi connectivity index (χ2n) is 3.59. The first-order chi connectivity index (χ1) is 8.06. The highest BCUT2D eigenvalue weighted by Gasteiger charge is 2.11. The number of aromatic nitrogens is 2. The van der Waals surface area contributed by atoms with Crippen LogP contribution in [0.25, 0.3) is 0 Å². The molecule has 0 saturated heterocycles. The SMILES string of the molecule is CC(Cl)c1noc(Cc2ccc(Cl)c(Cl)c2)n1. The third-order valence-corrected chi connectivity index (χ3v) is 3.11. The Bertz CT molecular complexity index is 525. The topological polar surface area (TPSA) is 38.9 Å². The molecule has 0 fully saturated rings. The standard InChI is InChI=1S/C11H9Cl3N2O/c1-6(12)11-15-10(17-16-11)5-7-2-3-8(13)9(14)4-7/h2-4,6H,5H2,1H3. The van der Waals surface area contributed by atoms with E-state index in [9.17, 15) is 0 Å². The fourth-order valence-electron chi connectivity index (χ4n) is 1.33. The largest absolute Gasteiger partial charge is 0.339 e. The van der Waals surface area contributed by atoms with Gasteiger partial charge in [-0.3, -0.25) is 0 Å². The Morgan fingerprint density at radius 2 is 2.06 bits per heavy atom. The van der Waals surface area contributed by atoms with E-state index in [4.69, 9.17) is 39.3 Å². The van der Waals surface area contributed by atoms with E-state index in [1.54, 1.807) is 19.1 Å². The third-order valence-electron chi connectivity index (χ3n) is 2.18. The van der Waals surface area contributed by atoms with Crippen molar-refractivity contribution in [2.75, 3.05) is 0 Å². The highest BCUT2D eigenvalue weighted by Crippen LogP contribution is 2.24. The molecule has 0 bridgehead atoms. The molecule has 0 saturated carbocycles. The Hall–Kier alpha value is -0.770. The second kappa shape index (κ2) is 5.25. The van der Waals surface area contributed by atoms with Crippen molar-refractivity contribution in [2.24, 2.45) is 0 Å². The first kappa shape index (κ1) is 12.7. The van der Waals surface area contributed by atoms with Crippen molar-refractivity contribution in [3.8, 4) is 0 Å². The first-order valence-electron chi connectivity index (χ1n) is 4.96. The summed E-state index contributed by atoms with van der Waals surface area (Å²) in [5.41, 5.74) is 0.955. The van der Waals surface area contributed by atoms with Gasteiger partial charge in [0.05, 0.1) is 21.8 Å². The van der Waals surface area contributed by atoms with E-state index in [2.05, 4.69) is 10.1 Å². The Morgan fingerprint density at radius 1 is 1.29 bits per heavy atom. The zero-order valence-corrected chi connectivity index (χ0v) is 11.2. The van der Waals surface area contributed by atoms with Crippen LogP contribution in [0.2, 0.25) is 10.0 Å². The third kappa shape index (κ3) is 3.12. The van der Waals surface area contributed by atoms with E-state index >= 15 is 0 Å². The number of rotatable bonds is 3. The van der Waals surface area contributed by atoms with Gasteiger partial charge in [-0.1, -0.05) is 34.4 Å². The van der Waals surface area contributed by atoms with Crippen LogP contribution in [0, 0.1) is 0 Å². The monoisotopic (exact) mass is 290 g/mol. The molecule has 1 heterocycles. The molecule has 1 atom stereocenters. The molecule has 2 rings (SSSR count). The molecule has 17 heavy (non-hydrogen) atoms. The van der Waals surface area contributed by atoms with Crippen LogP contribution in [0.5, 0.6) is 0 Å². The lowest BCUT2D eigenvalue weighted by atomic mass is 10.1. The molecule has 3 nitrogen and oxygen atoms in total. The van der Waals surface area contributed by atoms with Crippen LogP contribution in [0.1, 0.15) is 29.6 Å². The summed E-state index contributed by atoms with van der Waals surface area (Å²) in [6.45, 7) is 1.79. The number of hydrogen-bond donors (Lipinski definition) is 0. The lowest BCUT2D eigenvalue weighted by molar-refractivity contribution is 0.379. The molecule has 0 spiro atoms. The molecule has 0 N–H and O–H groups in total. The molecule has 0 aliphatic rings. The van der Waals surface area contributed by atoms with Crippen LogP contribution in [0.15, 0.2) is 22.7 Å². The predicted molar refractivity (Wildman–Crippen MR) is 67.8 cm³/mol. The highest BCUT2D eigenvalue weighted by molar-refractivity contribution is 6.42. The van der Waals surface area contributed by atoms with Gasteiger partial charge in [-0.25, -0.2) is 0 Å². The van der Waals surface area contributed by atoms with Crippen molar-refractivity contribution >= 4 is 34.8 Å². The fraction of sp³-hybridized carbons (Fsp3) is 0.273. The van der Waals surface area contributed by atoms with Gasteiger partial charge in [-0.15, -0.1) is 11.6 Å². The molecule has 6 heteroatoms. The zero-order chi connectivity index (χ0) is 12.4. The number of alkyl halides is 1. The average Bonchev–Trinajstić information content (AvgIpc) is 2.72. The zero-order valence-electron chi connectivity index (χ0n) is 8.95. The maximum absolute atomic E-state index is 5.92. The van der Waals surface area contributed by atoms with Crippen molar-refractivity contribution < 1.29 is 4.52 Å². The van der Waals surface area contributed by atoms with Crippen molar-refractivity contribution in [3.05, 3.63) is 45.5 Å². The van der Waals surface area contributed by atoms with Gasteiger partial charge in [-0.2, -0.15) is 4.98 Å². The summed E-state index contributed by atoms with van der Waals surface area (Å²) in [5.74, 6) is 0.993. The highest BCUT2D eigenvalue weighted by atomic mass is 35.5. The number of hydrogen-bond acceptors (Lipinski definition) is 3. The molecule has 1 unspecified atom stereocenters. The van der Waals surface area contributed by atoms with Crippen LogP contribution in [0.3, 0.4) is 0 Å². The molecular formula is C11H9Cl3N2O. The van der Waals surface area contributed by atoms with E-state index in [0.29, 0.717) is 28.2 Å². The van der Waals surface area contributed by atoms with E-state index in [-0.39, 0.29) is 5.38 Å². The molecule has 90 valence electrons. The van der Waals surface area contributed by atoms with Crippen molar-refractivity contribution in [2.45, 2.75) is 18.7 Å². The van der Waals surface area contributed by atoms with Gasteiger partial charge in [0.25, 0.3) is 0 Å². The van der Waals surface area contributed by atoms with Gasteiger partial charge >= 0.3 is 0 Å². The average molecular weight is 292 g/mol. The summed E-state index contributed by atoms with van der Waals surface area (Å²) in [6, 6.07) is 5.38. The molecule has 1 aromatic carbocycles. The van der Waals surface area contributed by atoms with E-state index < -0.39 is 0 Å². The summed E-state index contributed by atoms with van der Waals surface area (Å²) >= 11 is 17.6. The van der Waals surface area contributed by atoms with Gasteiger partial charge in [0.2, 0.25) is 5.89 Å². The van der Waals surface area contributed by atoms with Crippen molar-refractivity contribution in [3.63, 3.8) is 0 Å². The summed E-state index contributed by atoms with van der Waals surface area (Å²) < 4.78 is 5.08. The van der Waals surface area contributed by atoms with E-state index in [1.165, 1.54) is 0 Å². The Balaban J connectivity index is 2.16. The van der Waals surface area contributed by atoms with E-state index in [1.807, 2.05) is 6.07 Å². The number of benzene rings is 1. The Labute approximate surface area is 114 Å². The minimum absolute atomic E-state index is 0.263. The summed E-state index contributed by atoms with van der Waals surface area (Å²) in [4.78, 5) is 4.17. The maximum Gasteiger partial charge on any atom is 0.231 e. The predicted octanol–water partition coefficient (Wildman–Crippen LogP) is 4.27. The fourth-order valence-corrected chi connectivity index (χ4v) is 1.73. The molecule has 0 aliphatic heterocycles. The summed E-state index contributed by atoms with van der Waals surface area (Å²) in [6.07, 6.45) is 0.507. The maximum atomic E-state index is 5.92. The van der Waals surface area contributed by atoms with Gasteiger partial charge in [0.1, 0.15) is 0 Å². The molecule has 1 aromatic heterocycles. The van der Waals surface area contributed by atoms with Crippen LogP contribution in [0.4, 0.5) is 0 Å². The molecule has 0 aliphatic carbocycles. The van der Waals surface area contributed by atoms with Crippen LogP contribution >= 0.6 is 34.8 Å². The van der Waals surface area contributed by atoms with Gasteiger partial charge < -0.3 is 4.52 Å². The Kier molecular flexibility index (Phi) is 3.92. The molecule has 0 amide bonds. The van der Waals surface area contributed by atoms with Crippen molar-refractivity contribution in [1.82, 2.24) is 10.1 Å². The van der Waals surface area contributed by atoms with Crippen LogP contribution in [-0.2, 0) is 6.42 Å². The van der Waals surface area contributed by atoms with Gasteiger partial charge in [0, 0.05) is 0 Å². The first-order valence-corrected chi connectivity index (χ1v) is 6.16. The number of halogens is 3. The lowest BCUT2D eigenvalue weighted by Crippen LogP contribution is -1.91. The van der Waals surface area contributed by atoms with Gasteiger partial charge in [0.15, 0.2) is 5.82 Å². The number of nitrogens with zero attached hydrogens (tertiary/aromatic N) is 2. The smallest absolute Gasteiger partial charge is 0.231 e. The van der Waals surface area contributed by atoms with Crippen LogP contribution in [-0.4, -0.2) is 10.1 Å². The summed E-state index contributed by atoms with van der Waals surface area (Å²) in [5, 5.41) is 4.55. The minimum atomic E-state index is -0.263. The van der Waals surface area contributed by atoms with Crippen LogP contribution < -0.4 is 0 Å². The van der Waals surface area contributed by atoms with Crippen molar-refractivity contribution in [1.29, 1.82) is 0 Å². The molecule has 0 radical (unpaired) electrons.